The Balaban J connectivity index is 1.86. The van der Waals surface area contributed by atoms with Gasteiger partial charge >= 0.3 is 0 Å². The summed E-state index contributed by atoms with van der Waals surface area (Å²) in [5.41, 5.74) is 5.23. The number of pyridine rings is 1. The largest absolute Gasteiger partial charge is 0.494 e. The Hall–Kier alpha value is -2.18. The molecule has 0 unspecified atom stereocenters. The molecule has 1 aromatic carbocycles. The topological polar surface area (TPSA) is 47.5 Å². The van der Waals surface area contributed by atoms with Crippen molar-refractivity contribution in [2.75, 3.05) is 38.3 Å². The van der Waals surface area contributed by atoms with Gasteiger partial charge in [-0.15, -0.1) is 0 Å². The lowest BCUT2D eigenvalue weighted by Crippen LogP contribution is -2.36. The Morgan fingerprint density at radius 1 is 1.21 bits per heavy atom. The van der Waals surface area contributed by atoms with Crippen LogP contribution in [-0.4, -0.2) is 42.8 Å². The van der Waals surface area contributed by atoms with Crippen molar-refractivity contribution in [2.45, 2.75) is 6.92 Å². The number of benzene rings is 1. The zero-order valence-corrected chi connectivity index (χ0v) is 14.6. The number of aryl methyl sites for hydroxylation is 1. The van der Waals surface area contributed by atoms with Crippen LogP contribution < -0.4 is 9.64 Å². The summed E-state index contributed by atoms with van der Waals surface area (Å²) in [6, 6.07) is 6.41. The maximum atomic E-state index is 5.65. The number of anilines is 1. The molecule has 0 aliphatic carbocycles. The Bertz CT molecular complexity index is 858. The predicted octanol–water partition coefficient (Wildman–Crippen LogP) is 3.51. The number of ether oxygens (including phenoxy) is 2. The van der Waals surface area contributed by atoms with E-state index in [4.69, 9.17) is 14.5 Å². The van der Waals surface area contributed by atoms with Crippen molar-refractivity contribution >= 4 is 28.1 Å². The van der Waals surface area contributed by atoms with Crippen molar-refractivity contribution < 1.29 is 9.47 Å². The number of rotatable bonds is 3. The highest BCUT2D eigenvalue weighted by atomic mass is 32.1. The van der Waals surface area contributed by atoms with E-state index in [2.05, 4.69) is 34.4 Å². The third kappa shape index (κ3) is 2.72. The van der Waals surface area contributed by atoms with Gasteiger partial charge in [-0.3, -0.25) is 0 Å². The van der Waals surface area contributed by atoms with Crippen LogP contribution in [0.1, 0.15) is 5.56 Å². The van der Waals surface area contributed by atoms with Crippen LogP contribution in [0.3, 0.4) is 0 Å². The van der Waals surface area contributed by atoms with Crippen LogP contribution in [0.2, 0.25) is 0 Å². The molecule has 124 valence electrons. The number of morpholine rings is 1. The maximum Gasteiger partial charge on any atom is 0.147 e. The molecular weight excluding hydrogens is 322 g/mol. The molecule has 0 spiro atoms. The van der Waals surface area contributed by atoms with Crippen LogP contribution in [0.15, 0.2) is 29.8 Å². The molecule has 4 rings (SSSR count). The van der Waals surface area contributed by atoms with E-state index < -0.39 is 0 Å². The van der Waals surface area contributed by atoms with Gasteiger partial charge in [-0.05, 0) is 36.2 Å². The zero-order valence-electron chi connectivity index (χ0n) is 13.8. The van der Waals surface area contributed by atoms with Crippen LogP contribution >= 0.6 is 11.5 Å². The van der Waals surface area contributed by atoms with E-state index in [1.807, 2.05) is 11.6 Å². The number of methoxy groups -OCH3 is 1. The average molecular weight is 341 g/mol. The first-order valence-corrected chi connectivity index (χ1v) is 8.82. The van der Waals surface area contributed by atoms with E-state index in [-0.39, 0.29) is 0 Å². The lowest BCUT2D eigenvalue weighted by Gasteiger charge is -2.29. The van der Waals surface area contributed by atoms with Crippen molar-refractivity contribution in [1.82, 2.24) is 9.36 Å². The maximum absolute atomic E-state index is 5.65. The molecule has 1 saturated heterocycles. The highest BCUT2D eigenvalue weighted by Crippen LogP contribution is 2.34. The van der Waals surface area contributed by atoms with Crippen molar-refractivity contribution in [1.29, 1.82) is 0 Å². The smallest absolute Gasteiger partial charge is 0.147 e. The van der Waals surface area contributed by atoms with E-state index in [1.54, 1.807) is 7.11 Å². The van der Waals surface area contributed by atoms with Crippen molar-refractivity contribution in [2.24, 2.45) is 0 Å². The van der Waals surface area contributed by atoms with Crippen molar-refractivity contribution in [3.05, 3.63) is 35.3 Å². The average Bonchev–Trinajstić information content (AvgIpc) is 3.16. The molecule has 0 atom stereocenters. The summed E-state index contributed by atoms with van der Waals surface area (Å²) in [4.78, 5) is 7.17. The van der Waals surface area contributed by atoms with E-state index in [1.165, 1.54) is 17.1 Å². The molecule has 3 aromatic rings. The minimum atomic E-state index is 0.766. The molecule has 24 heavy (non-hydrogen) atoms. The molecule has 6 heteroatoms. The highest BCUT2D eigenvalue weighted by molar-refractivity contribution is 7.03. The zero-order chi connectivity index (χ0) is 16.5. The summed E-state index contributed by atoms with van der Waals surface area (Å²) in [6.07, 6.45) is 1.85. The molecule has 0 bridgehead atoms. The third-order valence-electron chi connectivity index (χ3n) is 4.39. The number of aromatic nitrogens is 2. The summed E-state index contributed by atoms with van der Waals surface area (Å²) in [7, 11) is 1.70. The van der Waals surface area contributed by atoms with E-state index in [9.17, 15) is 0 Å². The fourth-order valence-corrected chi connectivity index (χ4v) is 3.61. The minimum Gasteiger partial charge on any atom is -0.494 e. The predicted molar refractivity (Wildman–Crippen MR) is 97.2 cm³/mol. The first-order valence-electron chi connectivity index (χ1n) is 7.98. The molecule has 0 radical (unpaired) electrons. The molecule has 3 heterocycles. The summed E-state index contributed by atoms with van der Waals surface area (Å²) in [5.74, 6) is 0.808. The molecule has 0 amide bonds. The molecule has 0 saturated carbocycles. The van der Waals surface area contributed by atoms with Crippen LogP contribution in [0.4, 0.5) is 5.69 Å². The molecule has 5 nitrogen and oxygen atoms in total. The Morgan fingerprint density at radius 3 is 2.75 bits per heavy atom. The van der Waals surface area contributed by atoms with Gasteiger partial charge in [-0.25, -0.2) is 9.36 Å². The van der Waals surface area contributed by atoms with Crippen LogP contribution in [0.5, 0.6) is 5.75 Å². The SMILES string of the molecule is COc1cc(N2CCOCC2)cc2c(C)cc(-c3cnsc3)nc12. The standard InChI is InChI=1S/C18H19N3O2S/c1-12-7-16(13-10-19-24-11-13)20-18-15(12)8-14(9-17(18)22-2)21-3-5-23-6-4-21/h7-11H,3-6H2,1-2H3. The normalized spacial score (nSPS) is 15.0. The second-order valence-corrected chi connectivity index (χ2v) is 6.54. The van der Waals surface area contributed by atoms with E-state index >= 15 is 0 Å². The summed E-state index contributed by atoms with van der Waals surface area (Å²) in [6.45, 7) is 5.46. The lowest BCUT2D eigenvalue weighted by molar-refractivity contribution is 0.122. The Kier molecular flexibility index (Phi) is 4.08. The highest BCUT2D eigenvalue weighted by Gasteiger charge is 2.16. The number of nitrogens with zero attached hydrogens (tertiary/aromatic N) is 3. The van der Waals surface area contributed by atoms with Crippen LogP contribution in [0.25, 0.3) is 22.2 Å². The summed E-state index contributed by atoms with van der Waals surface area (Å²) in [5, 5.41) is 3.14. The van der Waals surface area contributed by atoms with Gasteiger partial charge in [-0.1, -0.05) is 0 Å². The first kappa shape index (κ1) is 15.4. The second kappa shape index (κ2) is 6.37. The van der Waals surface area contributed by atoms with Gasteiger partial charge in [0.2, 0.25) is 0 Å². The first-order chi connectivity index (χ1) is 11.8. The fraction of sp³-hybridized carbons (Fsp3) is 0.333. The quantitative estimate of drug-likeness (QED) is 0.729. The van der Waals surface area contributed by atoms with Crippen LogP contribution in [-0.2, 0) is 4.74 Å². The van der Waals surface area contributed by atoms with Gasteiger partial charge in [0.1, 0.15) is 11.3 Å². The molecule has 1 aliphatic heterocycles. The van der Waals surface area contributed by atoms with Gasteiger partial charge in [0.15, 0.2) is 0 Å². The van der Waals surface area contributed by atoms with Gasteiger partial charge in [0, 0.05) is 41.2 Å². The van der Waals surface area contributed by atoms with Gasteiger partial charge in [0.05, 0.1) is 32.2 Å². The van der Waals surface area contributed by atoms with Gasteiger partial charge in [-0.2, -0.15) is 0 Å². The monoisotopic (exact) mass is 341 g/mol. The van der Waals surface area contributed by atoms with Gasteiger partial charge in [0.25, 0.3) is 0 Å². The van der Waals surface area contributed by atoms with Crippen molar-refractivity contribution in [3.63, 3.8) is 0 Å². The molecule has 0 N–H and O–H groups in total. The van der Waals surface area contributed by atoms with E-state index in [0.29, 0.717) is 0 Å². The minimum absolute atomic E-state index is 0.766. The molecule has 1 fully saturated rings. The molecular formula is C18H19N3O2S. The lowest BCUT2D eigenvalue weighted by atomic mass is 10.0. The Morgan fingerprint density at radius 2 is 2.04 bits per heavy atom. The van der Waals surface area contributed by atoms with Crippen molar-refractivity contribution in [3.8, 4) is 17.0 Å². The summed E-state index contributed by atoms with van der Waals surface area (Å²) >= 11 is 1.44. The van der Waals surface area contributed by atoms with Gasteiger partial charge < -0.3 is 14.4 Å². The third-order valence-corrected chi connectivity index (χ3v) is 4.98. The molecule has 2 aromatic heterocycles. The fourth-order valence-electron chi connectivity index (χ4n) is 3.08. The summed E-state index contributed by atoms with van der Waals surface area (Å²) < 4.78 is 15.3. The Labute approximate surface area is 145 Å². The molecule has 1 aliphatic rings. The number of hydrogen-bond acceptors (Lipinski definition) is 6. The second-order valence-electron chi connectivity index (χ2n) is 5.88. The van der Waals surface area contributed by atoms with E-state index in [0.717, 1.165) is 59.9 Å². The van der Waals surface area contributed by atoms with Crippen LogP contribution in [0, 0.1) is 6.92 Å². The number of hydrogen-bond donors (Lipinski definition) is 0. The number of fused-ring (bicyclic) bond motifs is 1.